The number of aromatic nitrogens is 1. The lowest BCUT2D eigenvalue weighted by Gasteiger charge is -2.14. The van der Waals surface area contributed by atoms with E-state index in [0.29, 0.717) is 11.4 Å². The molecular formula is C13H13N3S. The molecule has 2 aromatic heterocycles. The lowest BCUT2D eigenvalue weighted by molar-refractivity contribution is 0.892. The zero-order valence-corrected chi connectivity index (χ0v) is 10.6. The largest absolute Gasteiger partial charge is 0.362 e. The van der Waals surface area contributed by atoms with E-state index in [2.05, 4.69) is 29.4 Å². The molecule has 0 saturated carbocycles. The number of nitriles is 1. The van der Waals surface area contributed by atoms with E-state index in [1.165, 1.54) is 4.88 Å². The highest BCUT2D eigenvalue weighted by Crippen LogP contribution is 2.23. The molecule has 17 heavy (non-hydrogen) atoms. The molecule has 0 radical (unpaired) electrons. The van der Waals surface area contributed by atoms with E-state index in [4.69, 9.17) is 5.26 Å². The zero-order chi connectivity index (χ0) is 12.3. The number of nitrogens with one attached hydrogen (secondary N) is 1. The maximum absolute atomic E-state index is 9.03. The predicted molar refractivity (Wildman–Crippen MR) is 70.0 cm³/mol. The minimum atomic E-state index is 0.163. The van der Waals surface area contributed by atoms with Crippen molar-refractivity contribution in [2.75, 3.05) is 5.32 Å². The topological polar surface area (TPSA) is 48.7 Å². The molecule has 0 saturated heterocycles. The van der Waals surface area contributed by atoms with Crippen molar-refractivity contribution in [3.63, 3.8) is 0 Å². The third-order valence-corrected chi connectivity index (χ3v) is 3.53. The van der Waals surface area contributed by atoms with Crippen LogP contribution in [0.4, 0.5) is 5.82 Å². The zero-order valence-electron chi connectivity index (χ0n) is 9.77. The van der Waals surface area contributed by atoms with Crippen LogP contribution in [0, 0.1) is 18.3 Å². The van der Waals surface area contributed by atoms with Gasteiger partial charge in [-0.1, -0.05) is 6.07 Å². The number of anilines is 1. The van der Waals surface area contributed by atoms with E-state index in [1.807, 2.05) is 24.4 Å². The molecule has 3 nitrogen and oxygen atoms in total. The lowest BCUT2D eigenvalue weighted by atomic mass is 10.2. The van der Waals surface area contributed by atoms with E-state index in [1.54, 1.807) is 17.4 Å². The van der Waals surface area contributed by atoms with Crippen molar-refractivity contribution in [1.29, 1.82) is 5.26 Å². The standard InChI is InChI=1S/C13H13N3S/c1-9-5-6-11(8-14)13(15-9)16-10(2)12-4-3-7-17-12/h3-7,10H,1-2H3,(H,15,16). The molecule has 0 fully saturated rings. The van der Waals surface area contributed by atoms with Gasteiger partial charge in [-0.25, -0.2) is 4.98 Å². The van der Waals surface area contributed by atoms with E-state index in [0.717, 1.165) is 5.69 Å². The molecular weight excluding hydrogens is 230 g/mol. The van der Waals surface area contributed by atoms with Gasteiger partial charge in [-0.3, -0.25) is 0 Å². The fourth-order valence-corrected chi connectivity index (χ4v) is 2.31. The number of nitrogens with zero attached hydrogens (tertiary/aromatic N) is 2. The molecule has 0 aliphatic heterocycles. The summed E-state index contributed by atoms with van der Waals surface area (Å²) in [6.07, 6.45) is 0. The fraction of sp³-hybridized carbons (Fsp3) is 0.231. The summed E-state index contributed by atoms with van der Waals surface area (Å²) in [7, 11) is 0. The number of thiophene rings is 1. The molecule has 2 aromatic rings. The molecule has 1 atom stereocenters. The first-order valence-corrected chi connectivity index (χ1v) is 6.26. The monoisotopic (exact) mass is 243 g/mol. The molecule has 0 spiro atoms. The fourth-order valence-electron chi connectivity index (χ4n) is 1.57. The second-order valence-electron chi connectivity index (χ2n) is 3.84. The molecule has 0 aliphatic rings. The number of rotatable bonds is 3. The van der Waals surface area contributed by atoms with Crippen LogP contribution in [0.5, 0.6) is 0 Å². The normalized spacial score (nSPS) is 11.8. The molecule has 0 aliphatic carbocycles. The Morgan fingerprint density at radius 1 is 1.41 bits per heavy atom. The van der Waals surface area contributed by atoms with Crippen molar-refractivity contribution in [1.82, 2.24) is 4.98 Å². The summed E-state index contributed by atoms with van der Waals surface area (Å²) in [6.45, 7) is 3.99. The van der Waals surface area contributed by atoms with Gasteiger partial charge in [-0.05, 0) is 37.4 Å². The summed E-state index contributed by atoms with van der Waals surface area (Å²) in [5, 5.41) is 14.4. The molecule has 0 bridgehead atoms. The minimum absolute atomic E-state index is 0.163. The molecule has 1 unspecified atom stereocenters. The molecule has 1 N–H and O–H groups in total. The van der Waals surface area contributed by atoms with E-state index in [9.17, 15) is 0 Å². The van der Waals surface area contributed by atoms with Crippen LogP contribution in [-0.4, -0.2) is 4.98 Å². The van der Waals surface area contributed by atoms with Crippen LogP contribution in [0.2, 0.25) is 0 Å². The van der Waals surface area contributed by atoms with Gasteiger partial charge in [-0.15, -0.1) is 11.3 Å². The Balaban J connectivity index is 2.24. The average molecular weight is 243 g/mol. The van der Waals surface area contributed by atoms with Gasteiger partial charge >= 0.3 is 0 Å². The molecule has 2 heterocycles. The highest BCUT2D eigenvalue weighted by molar-refractivity contribution is 7.10. The quantitative estimate of drug-likeness (QED) is 0.897. The van der Waals surface area contributed by atoms with E-state index in [-0.39, 0.29) is 6.04 Å². The summed E-state index contributed by atoms with van der Waals surface area (Å²) in [5.41, 5.74) is 1.49. The Morgan fingerprint density at radius 3 is 2.88 bits per heavy atom. The second kappa shape index (κ2) is 4.98. The minimum Gasteiger partial charge on any atom is -0.362 e. The van der Waals surface area contributed by atoms with E-state index < -0.39 is 0 Å². The maximum atomic E-state index is 9.03. The summed E-state index contributed by atoms with van der Waals surface area (Å²) in [6, 6.07) is 10.1. The van der Waals surface area contributed by atoms with Crippen molar-refractivity contribution < 1.29 is 0 Å². The highest BCUT2D eigenvalue weighted by atomic mass is 32.1. The van der Waals surface area contributed by atoms with Gasteiger partial charge in [0.05, 0.1) is 11.6 Å². The first-order valence-electron chi connectivity index (χ1n) is 5.38. The molecule has 4 heteroatoms. The number of aryl methyl sites for hydroxylation is 1. The van der Waals surface area contributed by atoms with Crippen LogP contribution < -0.4 is 5.32 Å². The molecule has 0 amide bonds. The number of hydrogen-bond donors (Lipinski definition) is 1. The van der Waals surface area contributed by atoms with Crippen molar-refractivity contribution >= 4 is 17.2 Å². The Morgan fingerprint density at radius 2 is 2.24 bits per heavy atom. The van der Waals surface area contributed by atoms with Gasteiger partial charge in [0.2, 0.25) is 0 Å². The SMILES string of the molecule is Cc1ccc(C#N)c(NC(C)c2cccs2)n1. The van der Waals surface area contributed by atoms with Crippen molar-refractivity contribution in [2.45, 2.75) is 19.9 Å². The van der Waals surface area contributed by atoms with Crippen LogP contribution in [0.3, 0.4) is 0 Å². The predicted octanol–water partition coefficient (Wildman–Crippen LogP) is 3.50. The summed E-state index contributed by atoms with van der Waals surface area (Å²) in [5.74, 6) is 0.661. The first-order chi connectivity index (χ1) is 8.20. The summed E-state index contributed by atoms with van der Waals surface area (Å²) in [4.78, 5) is 5.60. The average Bonchev–Trinajstić information content (AvgIpc) is 2.83. The third-order valence-electron chi connectivity index (χ3n) is 2.48. The van der Waals surface area contributed by atoms with Crippen LogP contribution >= 0.6 is 11.3 Å². The Bertz CT molecular complexity index is 540. The highest BCUT2D eigenvalue weighted by Gasteiger charge is 2.10. The number of hydrogen-bond acceptors (Lipinski definition) is 4. The summed E-state index contributed by atoms with van der Waals surface area (Å²) < 4.78 is 0. The lowest BCUT2D eigenvalue weighted by Crippen LogP contribution is -2.08. The second-order valence-corrected chi connectivity index (χ2v) is 4.82. The van der Waals surface area contributed by atoms with Gasteiger partial charge in [0.15, 0.2) is 0 Å². The molecule has 2 rings (SSSR count). The van der Waals surface area contributed by atoms with Crippen LogP contribution in [0.15, 0.2) is 29.6 Å². The number of pyridine rings is 1. The van der Waals surface area contributed by atoms with Crippen LogP contribution in [0.1, 0.15) is 29.1 Å². The molecule has 0 aromatic carbocycles. The van der Waals surface area contributed by atoms with Gasteiger partial charge < -0.3 is 5.32 Å². The first kappa shape index (κ1) is 11.6. The molecule has 86 valence electrons. The Hall–Kier alpha value is -1.86. The Kier molecular flexibility index (Phi) is 3.40. The van der Waals surface area contributed by atoms with Gasteiger partial charge in [0.1, 0.15) is 11.9 Å². The van der Waals surface area contributed by atoms with Crippen molar-refractivity contribution in [3.05, 3.63) is 45.8 Å². The van der Waals surface area contributed by atoms with Gasteiger partial charge in [0.25, 0.3) is 0 Å². The Labute approximate surface area is 105 Å². The van der Waals surface area contributed by atoms with Crippen molar-refractivity contribution in [2.24, 2.45) is 0 Å². The van der Waals surface area contributed by atoms with Gasteiger partial charge in [-0.2, -0.15) is 5.26 Å². The summed E-state index contributed by atoms with van der Waals surface area (Å²) >= 11 is 1.69. The van der Waals surface area contributed by atoms with Gasteiger partial charge in [0, 0.05) is 10.6 Å². The van der Waals surface area contributed by atoms with Crippen LogP contribution in [0.25, 0.3) is 0 Å². The maximum Gasteiger partial charge on any atom is 0.144 e. The van der Waals surface area contributed by atoms with Crippen LogP contribution in [-0.2, 0) is 0 Å². The van der Waals surface area contributed by atoms with Crippen molar-refractivity contribution in [3.8, 4) is 6.07 Å². The van der Waals surface area contributed by atoms with E-state index >= 15 is 0 Å². The smallest absolute Gasteiger partial charge is 0.144 e. The third kappa shape index (κ3) is 2.63.